The summed E-state index contributed by atoms with van der Waals surface area (Å²) in [5.74, 6) is 0.155. The van der Waals surface area contributed by atoms with Crippen molar-refractivity contribution < 1.29 is 9.18 Å². The van der Waals surface area contributed by atoms with E-state index in [1.807, 2.05) is 4.90 Å². The van der Waals surface area contributed by atoms with Crippen LogP contribution in [0.2, 0.25) is 0 Å². The lowest BCUT2D eigenvalue weighted by atomic mass is 9.91. The Morgan fingerprint density at radius 1 is 1.47 bits per heavy atom. The van der Waals surface area contributed by atoms with Gasteiger partial charge in [0.05, 0.1) is 5.56 Å². The van der Waals surface area contributed by atoms with Crippen LogP contribution in [-0.4, -0.2) is 29.3 Å². The molecule has 1 saturated carbocycles. The molecule has 104 valence electrons. The van der Waals surface area contributed by atoms with Gasteiger partial charge in [-0.15, -0.1) is 11.6 Å². The monoisotopic (exact) mass is 347 g/mol. The molecule has 1 aliphatic rings. The van der Waals surface area contributed by atoms with E-state index in [0.717, 1.165) is 19.3 Å². The van der Waals surface area contributed by atoms with E-state index in [-0.39, 0.29) is 11.7 Å². The maximum Gasteiger partial charge on any atom is 0.255 e. The Bertz CT molecular complexity index is 465. The molecule has 1 aromatic carbocycles. The van der Waals surface area contributed by atoms with Crippen molar-refractivity contribution in [3.63, 3.8) is 0 Å². The highest BCUT2D eigenvalue weighted by Gasteiger charge is 2.29. The predicted octanol–water partition coefficient (Wildman–Crippen LogP) is 4.21. The van der Waals surface area contributed by atoms with Gasteiger partial charge in [0.25, 0.3) is 5.91 Å². The number of halogens is 3. The third-order valence-electron chi connectivity index (χ3n) is 3.47. The van der Waals surface area contributed by atoms with Crippen molar-refractivity contribution in [1.29, 1.82) is 0 Å². The summed E-state index contributed by atoms with van der Waals surface area (Å²) in [6.45, 7) is 0.664. The number of carbonyl (C=O) groups is 1. The van der Waals surface area contributed by atoms with Crippen LogP contribution in [0.4, 0.5) is 4.39 Å². The molecule has 0 atom stereocenters. The summed E-state index contributed by atoms with van der Waals surface area (Å²) in [4.78, 5) is 14.4. The minimum absolute atomic E-state index is 0.0401. The van der Waals surface area contributed by atoms with Gasteiger partial charge >= 0.3 is 0 Å². The SMILES string of the molecule is O=C(c1ccc(F)cc1Br)N(CCCCl)C1CCC1. The van der Waals surface area contributed by atoms with E-state index < -0.39 is 0 Å². The van der Waals surface area contributed by atoms with Crippen LogP contribution >= 0.6 is 27.5 Å². The van der Waals surface area contributed by atoms with Crippen LogP contribution in [0.25, 0.3) is 0 Å². The minimum Gasteiger partial charge on any atom is -0.336 e. The Balaban J connectivity index is 2.17. The fourth-order valence-corrected chi connectivity index (χ4v) is 2.84. The van der Waals surface area contributed by atoms with Crippen molar-refractivity contribution in [3.05, 3.63) is 34.1 Å². The van der Waals surface area contributed by atoms with Gasteiger partial charge in [-0.3, -0.25) is 4.79 Å². The van der Waals surface area contributed by atoms with Crippen LogP contribution in [0, 0.1) is 5.82 Å². The van der Waals surface area contributed by atoms with Gasteiger partial charge in [-0.25, -0.2) is 4.39 Å². The lowest BCUT2D eigenvalue weighted by molar-refractivity contribution is 0.0580. The largest absolute Gasteiger partial charge is 0.336 e. The van der Waals surface area contributed by atoms with E-state index in [9.17, 15) is 9.18 Å². The third kappa shape index (κ3) is 3.48. The maximum atomic E-state index is 13.1. The molecule has 0 radical (unpaired) electrons. The Morgan fingerprint density at radius 2 is 2.21 bits per heavy atom. The third-order valence-corrected chi connectivity index (χ3v) is 4.39. The molecule has 0 heterocycles. The van der Waals surface area contributed by atoms with Gasteiger partial charge in [0.15, 0.2) is 0 Å². The van der Waals surface area contributed by atoms with Crippen LogP contribution in [0.15, 0.2) is 22.7 Å². The summed E-state index contributed by atoms with van der Waals surface area (Å²) in [5, 5.41) is 0. The number of benzene rings is 1. The summed E-state index contributed by atoms with van der Waals surface area (Å²) in [6.07, 6.45) is 4.04. The zero-order chi connectivity index (χ0) is 13.8. The topological polar surface area (TPSA) is 20.3 Å². The van der Waals surface area contributed by atoms with Gasteiger partial charge in [-0.2, -0.15) is 0 Å². The molecule has 0 aliphatic heterocycles. The van der Waals surface area contributed by atoms with E-state index in [2.05, 4.69) is 15.9 Å². The molecule has 5 heteroatoms. The molecule has 0 saturated heterocycles. The second-order valence-electron chi connectivity index (χ2n) is 4.75. The van der Waals surface area contributed by atoms with Gasteiger partial charge in [-0.05, 0) is 59.8 Å². The summed E-state index contributed by atoms with van der Waals surface area (Å²) in [6, 6.07) is 4.49. The maximum absolute atomic E-state index is 13.1. The molecule has 19 heavy (non-hydrogen) atoms. The standard InChI is InChI=1S/C14H16BrClFNO/c15-13-9-10(17)5-6-12(13)14(19)18(8-2-7-16)11-3-1-4-11/h5-6,9,11H,1-4,7-8H2. The molecule has 1 aliphatic carbocycles. The number of rotatable bonds is 5. The molecule has 1 aromatic rings. The quantitative estimate of drug-likeness (QED) is 0.730. The van der Waals surface area contributed by atoms with E-state index in [4.69, 9.17) is 11.6 Å². The van der Waals surface area contributed by atoms with Crippen molar-refractivity contribution in [1.82, 2.24) is 4.90 Å². The Hall–Kier alpha value is -0.610. The van der Waals surface area contributed by atoms with Gasteiger partial charge in [-0.1, -0.05) is 0 Å². The highest BCUT2D eigenvalue weighted by molar-refractivity contribution is 9.10. The molecule has 2 nitrogen and oxygen atoms in total. The molecule has 1 fully saturated rings. The average molecular weight is 349 g/mol. The number of hydrogen-bond acceptors (Lipinski definition) is 1. The lowest BCUT2D eigenvalue weighted by Crippen LogP contribution is -2.45. The molecule has 1 amide bonds. The Morgan fingerprint density at radius 3 is 2.74 bits per heavy atom. The molecule has 0 unspecified atom stereocenters. The minimum atomic E-state index is -0.348. The first-order valence-corrected chi connectivity index (χ1v) is 7.78. The number of amides is 1. The van der Waals surface area contributed by atoms with Gasteiger partial charge < -0.3 is 4.90 Å². The molecule has 0 N–H and O–H groups in total. The number of alkyl halides is 1. The van der Waals surface area contributed by atoms with Gasteiger partial charge in [0.2, 0.25) is 0 Å². The molecule has 0 aromatic heterocycles. The predicted molar refractivity (Wildman–Crippen MR) is 78.1 cm³/mol. The van der Waals surface area contributed by atoms with Crippen LogP contribution in [0.3, 0.4) is 0 Å². The fraction of sp³-hybridized carbons (Fsp3) is 0.500. The van der Waals surface area contributed by atoms with Crippen LogP contribution in [-0.2, 0) is 0 Å². The Labute approximate surface area is 126 Å². The molecular formula is C14H16BrClFNO. The summed E-state index contributed by atoms with van der Waals surface area (Å²) in [7, 11) is 0. The van der Waals surface area contributed by atoms with Gasteiger partial charge in [0.1, 0.15) is 5.82 Å². The first-order valence-electron chi connectivity index (χ1n) is 6.45. The van der Waals surface area contributed by atoms with Crippen molar-refractivity contribution >= 4 is 33.4 Å². The summed E-state index contributed by atoms with van der Waals surface area (Å²) >= 11 is 8.98. The highest BCUT2D eigenvalue weighted by Crippen LogP contribution is 2.28. The van der Waals surface area contributed by atoms with Crippen molar-refractivity contribution in [3.8, 4) is 0 Å². The highest BCUT2D eigenvalue weighted by atomic mass is 79.9. The first kappa shape index (κ1) is 14.8. The Kier molecular flexibility index (Phi) is 5.22. The molecule has 2 rings (SSSR count). The molecule has 0 spiro atoms. The van der Waals surface area contributed by atoms with Crippen LogP contribution in [0.5, 0.6) is 0 Å². The average Bonchev–Trinajstić information content (AvgIpc) is 2.31. The fourth-order valence-electron chi connectivity index (χ4n) is 2.20. The summed E-state index contributed by atoms with van der Waals surface area (Å²) in [5.41, 5.74) is 0.517. The van der Waals surface area contributed by atoms with E-state index in [1.54, 1.807) is 0 Å². The zero-order valence-electron chi connectivity index (χ0n) is 10.5. The normalized spacial score (nSPS) is 15.1. The van der Waals surface area contributed by atoms with E-state index in [1.165, 1.54) is 24.6 Å². The molecule has 0 bridgehead atoms. The number of nitrogens with zero attached hydrogens (tertiary/aromatic N) is 1. The number of carbonyl (C=O) groups excluding carboxylic acids is 1. The van der Waals surface area contributed by atoms with E-state index >= 15 is 0 Å². The van der Waals surface area contributed by atoms with Crippen molar-refractivity contribution in [2.24, 2.45) is 0 Å². The zero-order valence-corrected chi connectivity index (χ0v) is 12.9. The van der Waals surface area contributed by atoms with E-state index in [0.29, 0.717) is 28.5 Å². The molecular weight excluding hydrogens is 333 g/mol. The summed E-state index contributed by atoms with van der Waals surface area (Å²) < 4.78 is 13.6. The lowest BCUT2D eigenvalue weighted by Gasteiger charge is -2.37. The van der Waals surface area contributed by atoms with Crippen LogP contribution < -0.4 is 0 Å². The van der Waals surface area contributed by atoms with Gasteiger partial charge in [0, 0.05) is 22.9 Å². The van der Waals surface area contributed by atoms with Crippen LogP contribution in [0.1, 0.15) is 36.0 Å². The first-order chi connectivity index (χ1) is 9.13. The van der Waals surface area contributed by atoms with Crippen molar-refractivity contribution in [2.75, 3.05) is 12.4 Å². The second kappa shape index (κ2) is 6.71. The van der Waals surface area contributed by atoms with Crippen molar-refractivity contribution in [2.45, 2.75) is 31.7 Å². The number of hydrogen-bond donors (Lipinski definition) is 0. The second-order valence-corrected chi connectivity index (χ2v) is 5.98. The smallest absolute Gasteiger partial charge is 0.255 e.